The summed E-state index contributed by atoms with van der Waals surface area (Å²) in [5.74, 6) is -0.336. The highest BCUT2D eigenvalue weighted by molar-refractivity contribution is 9.10. The van der Waals surface area contributed by atoms with E-state index < -0.39 is 0 Å². The van der Waals surface area contributed by atoms with Crippen LogP contribution in [-0.2, 0) is 0 Å². The second-order valence-corrected chi connectivity index (χ2v) is 4.11. The van der Waals surface area contributed by atoms with Crippen LogP contribution in [0, 0.1) is 12.7 Å². The maximum atomic E-state index is 13.2. The Labute approximate surface area is 99.2 Å². The van der Waals surface area contributed by atoms with Crippen LogP contribution in [0.25, 0.3) is 5.69 Å². The van der Waals surface area contributed by atoms with E-state index in [4.69, 9.17) is 0 Å². The summed E-state index contributed by atoms with van der Waals surface area (Å²) in [6, 6.07) is 2.98. The number of aryl methyl sites for hydroxylation is 1. The molecule has 2 aromatic rings. The first-order valence-electron chi connectivity index (χ1n) is 4.45. The number of aldehydes is 1. The molecule has 0 spiro atoms. The molecule has 0 N–H and O–H groups in total. The Kier molecular flexibility index (Phi) is 2.82. The number of carbonyl (C=O) groups is 1. The van der Waals surface area contributed by atoms with Crippen LogP contribution < -0.4 is 0 Å². The second-order valence-electron chi connectivity index (χ2n) is 3.26. The minimum absolute atomic E-state index is 0.236. The summed E-state index contributed by atoms with van der Waals surface area (Å²) in [6.45, 7) is 1.76. The molecule has 0 amide bonds. The molecule has 0 aliphatic heterocycles. The molecule has 2 rings (SSSR count). The summed E-state index contributed by atoms with van der Waals surface area (Å²) >= 11 is 3.10. The van der Waals surface area contributed by atoms with Crippen LogP contribution in [0.15, 0.2) is 22.8 Å². The van der Waals surface area contributed by atoms with Crippen molar-refractivity contribution < 1.29 is 9.18 Å². The molecule has 1 aromatic carbocycles. The van der Waals surface area contributed by atoms with Crippen molar-refractivity contribution in [2.24, 2.45) is 0 Å². The molecule has 82 valence electrons. The molecule has 0 aliphatic rings. The van der Waals surface area contributed by atoms with E-state index in [0.717, 1.165) is 0 Å². The van der Waals surface area contributed by atoms with Gasteiger partial charge in [0.05, 0.1) is 16.4 Å². The van der Waals surface area contributed by atoms with Crippen molar-refractivity contribution in [2.75, 3.05) is 0 Å². The number of aromatic nitrogens is 3. The highest BCUT2D eigenvalue weighted by Gasteiger charge is 2.08. The Morgan fingerprint density at radius 3 is 2.88 bits per heavy atom. The van der Waals surface area contributed by atoms with Gasteiger partial charge in [0.15, 0.2) is 6.29 Å². The van der Waals surface area contributed by atoms with Gasteiger partial charge >= 0.3 is 0 Å². The highest BCUT2D eigenvalue weighted by atomic mass is 79.9. The fraction of sp³-hybridized carbons (Fsp3) is 0.100. The first-order valence-corrected chi connectivity index (χ1v) is 5.24. The maximum Gasteiger partial charge on any atom is 0.171 e. The monoisotopic (exact) mass is 283 g/mol. The van der Waals surface area contributed by atoms with Crippen molar-refractivity contribution in [3.05, 3.63) is 39.9 Å². The standard InChI is InChI=1S/C10H7BrFN3O/c1-6-2-9(12)8(11)3-10(6)15-4-7(5-16)13-14-15/h2-5H,1H3. The van der Waals surface area contributed by atoms with Crippen molar-refractivity contribution in [3.63, 3.8) is 0 Å². The zero-order valence-corrected chi connectivity index (χ0v) is 9.90. The summed E-state index contributed by atoms with van der Waals surface area (Å²) < 4.78 is 15.0. The van der Waals surface area contributed by atoms with E-state index in [1.54, 1.807) is 13.0 Å². The van der Waals surface area contributed by atoms with Crippen molar-refractivity contribution >= 4 is 22.2 Å². The third-order valence-electron chi connectivity index (χ3n) is 2.12. The van der Waals surface area contributed by atoms with Gasteiger partial charge in [-0.3, -0.25) is 4.79 Å². The van der Waals surface area contributed by atoms with E-state index in [1.165, 1.54) is 16.9 Å². The molecule has 0 unspecified atom stereocenters. The Morgan fingerprint density at radius 1 is 1.50 bits per heavy atom. The lowest BCUT2D eigenvalue weighted by Gasteiger charge is -2.06. The molecular formula is C10H7BrFN3O. The Morgan fingerprint density at radius 2 is 2.25 bits per heavy atom. The van der Waals surface area contributed by atoms with Crippen molar-refractivity contribution in [3.8, 4) is 5.69 Å². The van der Waals surface area contributed by atoms with Crippen LogP contribution >= 0.6 is 15.9 Å². The summed E-state index contributed by atoms with van der Waals surface area (Å²) in [4.78, 5) is 10.5. The molecule has 0 bridgehead atoms. The molecule has 0 radical (unpaired) electrons. The van der Waals surface area contributed by atoms with Crippen LogP contribution in [-0.4, -0.2) is 21.3 Å². The molecule has 0 aliphatic carbocycles. The third-order valence-corrected chi connectivity index (χ3v) is 2.73. The first kappa shape index (κ1) is 10.9. The summed E-state index contributed by atoms with van der Waals surface area (Å²) in [6.07, 6.45) is 2.09. The van der Waals surface area contributed by atoms with Gasteiger partial charge in [-0.1, -0.05) is 5.21 Å². The molecule has 0 fully saturated rings. The molecule has 16 heavy (non-hydrogen) atoms. The number of carbonyl (C=O) groups excluding carboxylic acids is 1. The summed E-state index contributed by atoms with van der Waals surface area (Å²) in [5, 5.41) is 7.42. The van der Waals surface area contributed by atoms with E-state index in [-0.39, 0.29) is 11.5 Å². The molecule has 0 atom stereocenters. The smallest absolute Gasteiger partial charge is 0.171 e. The molecule has 1 aromatic heterocycles. The Hall–Kier alpha value is -1.56. The average molecular weight is 284 g/mol. The number of nitrogens with zero attached hydrogens (tertiary/aromatic N) is 3. The van der Waals surface area contributed by atoms with Crippen LogP contribution in [0.3, 0.4) is 0 Å². The van der Waals surface area contributed by atoms with E-state index >= 15 is 0 Å². The van der Waals surface area contributed by atoms with Gasteiger partial charge < -0.3 is 0 Å². The first-order chi connectivity index (χ1) is 7.61. The highest BCUT2D eigenvalue weighted by Crippen LogP contribution is 2.22. The maximum absolute atomic E-state index is 13.2. The van der Waals surface area contributed by atoms with Crippen LogP contribution in [0.4, 0.5) is 4.39 Å². The largest absolute Gasteiger partial charge is 0.296 e. The molecular weight excluding hydrogens is 277 g/mol. The minimum atomic E-state index is -0.336. The van der Waals surface area contributed by atoms with Crippen molar-refractivity contribution in [1.29, 1.82) is 0 Å². The second kappa shape index (κ2) is 4.13. The lowest BCUT2D eigenvalue weighted by molar-refractivity contribution is 0.111. The zero-order chi connectivity index (χ0) is 11.7. The predicted molar refractivity (Wildman–Crippen MR) is 59.1 cm³/mol. The SMILES string of the molecule is Cc1cc(F)c(Br)cc1-n1cc(C=O)nn1. The van der Waals surface area contributed by atoms with Crippen molar-refractivity contribution in [2.45, 2.75) is 6.92 Å². The number of benzene rings is 1. The normalized spacial score (nSPS) is 10.4. The Balaban J connectivity index is 2.55. The van der Waals surface area contributed by atoms with E-state index in [9.17, 15) is 9.18 Å². The van der Waals surface area contributed by atoms with Crippen LogP contribution in [0.2, 0.25) is 0 Å². The van der Waals surface area contributed by atoms with Gasteiger partial charge in [0.1, 0.15) is 11.5 Å². The summed E-state index contributed by atoms with van der Waals surface area (Å²) in [7, 11) is 0. The fourth-order valence-electron chi connectivity index (χ4n) is 1.33. The third kappa shape index (κ3) is 1.88. The van der Waals surface area contributed by atoms with E-state index in [0.29, 0.717) is 22.0 Å². The molecule has 4 nitrogen and oxygen atoms in total. The van der Waals surface area contributed by atoms with Crippen LogP contribution in [0.5, 0.6) is 0 Å². The minimum Gasteiger partial charge on any atom is -0.296 e. The van der Waals surface area contributed by atoms with Gasteiger partial charge in [0.25, 0.3) is 0 Å². The molecule has 6 heteroatoms. The lowest BCUT2D eigenvalue weighted by atomic mass is 10.2. The quantitative estimate of drug-likeness (QED) is 0.795. The topological polar surface area (TPSA) is 47.8 Å². The van der Waals surface area contributed by atoms with Gasteiger partial charge in [-0.15, -0.1) is 5.10 Å². The molecule has 0 saturated heterocycles. The number of hydrogen-bond acceptors (Lipinski definition) is 3. The number of hydrogen-bond donors (Lipinski definition) is 0. The number of rotatable bonds is 2. The van der Waals surface area contributed by atoms with Gasteiger partial charge in [-0.05, 0) is 40.5 Å². The van der Waals surface area contributed by atoms with Gasteiger partial charge in [0.2, 0.25) is 0 Å². The lowest BCUT2D eigenvalue weighted by Crippen LogP contribution is -1.99. The molecule has 0 saturated carbocycles. The van der Waals surface area contributed by atoms with Gasteiger partial charge in [-0.25, -0.2) is 9.07 Å². The zero-order valence-electron chi connectivity index (χ0n) is 8.32. The fourth-order valence-corrected chi connectivity index (χ4v) is 1.66. The van der Waals surface area contributed by atoms with Gasteiger partial charge in [0, 0.05) is 0 Å². The van der Waals surface area contributed by atoms with E-state index in [2.05, 4.69) is 26.2 Å². The average Bonchev–Trinajstić information content (AvgIpc) is 2.71. The predicted octanol–water partition coefficient (Wildman–Crippen LogP) is 2.29. The van der Waals surface area contributed by atoms with E-state index in [1.807, 2.05) is 0 Å². The number of halogens is 2. The Bertz CT molecular complexity index is 553. The van der Waals surface area contributed by atoms with Crippen LogP contribution in [0.1, 0.15) is 16.1 Å². The van der Waals surface area contributed by atoms with Gasteiger partial charge in [-0.2, -0.15) is 0 Å². The van der Waals surface area contributed by atoms with Crippen molar-refractivity contribution in [1.82, 2.24) is 15.0 Å². The summed E-state index contributed by atoms with van der Waals surface area (Å²) in [5.41, 5.74) is 1.62. The molecule has 1 heterocycles.